The molecule has 2 rings (SSSR count). The minimum atomic E-state index is -0.0712. The number of carbonyl (C=O) groups excluding carboxylic acids is 1. The molecule has 1 amide bonds. The highest BCUT2D eigenvalue weighted by atomic mass is 16.2. The molecule has 1 saturated carbocycles. The fourth-order valence-electron chi connectivity index (χ4n) is 1.88. The van der Waals surface area contributed by atoms with Crippen LogP contribution in [0, 0.1) is 0 Å². The normalized spacial score (nSPS) is 15.8. The van der Waals surface area contributed by atoms with Crippen LogP contribution in [0.4, 0.5) is 5.69 Å². The number of nitrogens with zero attached hydrogens (tertiary/aromatic N) is 2. The Morgan fingerprint density at radius 1 is 1.53 bits per heavy atom. The van der Waals surface area contributed by atoms with E-state index < -0.39 is 0 Å². The van der Waals surface area contributed by atoms with Crippen molar-refractivity contribution < 1.29 is 4.79 Å². The van der Waals surface area contributed by atoms with Crippen molar-refractivity contribution in [3.8, 4) is 0 Å². The molecule has 106 valence electrons. The molecular formula is C14H24N4O. The van der Waals surface area contributed by atoms with Crippen LogP contribution in [0.25, 0.3) is 0 Å². The van der Waals surface area contributed by atoms with E-state index in [2.05, 4.69) is 24.1 Å². The summed E-state index contributed by atoms with van der Waals surface area (Å²) in [5.41, 5.74) is 7.06. The van der Waals surface area contributed by atoms with E-state index >= 15 is 0 Å². The summed E-state index contributed by atoms with van der Waals surface area (Å²) < 4.78 is 2.01. The molecule has 0 aliphatic heterocycles. The number of nitrogen functional groups attached to an aromatic ring is 1. The molecule has 0 radical (unpaired) electrons. The van der Waals surface area contributed by atoms with Crippen LogP contribution < -0.4 is 11.1 Å². The summed E-state index contributed by atoms with van der Waals surface area (Å²) in [5.74, 6) is -0.0430. The molecular weight excluding hydrogens is 240 g/mol. The minimum Gasteiger partial charge on any atom is -0.397 e. The summed E-state index contributed by atoms with van der Waals surface area (Å²) in [4.78, 5) is 14.4. The van der Waals surface area contributed by atoms with Crippen molar-refractivity contribution in [3.63, 3.8) is 0 Å². The third-order valence-electron chi connectivity index (χ3n) is 3.93. The fourth-order valence-corrected chi connectivity index (χ4v) is 1.88. The predicted molar refractivity (Wildman–Crippen MR) is 77.2 cm³/mol. The standard InChI is InChI=1S/C14H24N4O/c1-14(2,17(3)4)9-16-13(19)12-7-10(15)8-18(12)11-5-6-11/h7-8,11H,5-6,9,15H2,1-4H3,(H,16,19). The van der Waals surface area contributed by atoms with Gasteiger partial charge in [0.15, 0.2) is 0 Å². The first kappa shape index (κ1) is 13.9. The van der Waals surface area contributed by atoms with E-state index in [-0.39, 0.29) is 11.4 Å². The summed E-state index contributed by atoms with van der Waals surface area (Å²) in [5, 5.41) is 3.00. The zero-order valence-electron chi connectivity index (χ0n) is 12.2. The molecule has 0 bridgehead atoms. The van der Waals surface area contributed by atoms with Crippen molar-refractivity contribution in [2.24, 2.45) is 0 Å². The van der Waals surface area contributed by atoms with Gasteiger partial charge in [-0.1, -0.05) is 0 Å². The van der Waals surface area contributed by atoms with Crippen LogP contribution in [0.15, 0.2) is 12.3 Å². The molecule has 0 unspecified atom stereocenters. The first-order chi connectivity index (χ1) is 8.81. The second kappa shape index (κ2) is 4.89. The van der Waals surface area contributed by atoms with Gasteiger partial charge in [-0.05, 0) is 46.9 Å². The van der Waals surface area contributed by atoms with Crippen LogP contribution in [-0.2, 0) is 0 Å². The Morgan fingerprint density at radius 3 is 2.68 bits per heavy atom. The summed E-state index contributed by atoms with van der Waals surface area (Å²) in [6.07, 6.45) is 4.14. The summed E-state index contributed by atoms with van der Waals surface area (Å²) >= 11 is 0. The van der Waals surface area contributed by atoms with Crippen LogP contribution in [-0.4, -0.2) is 41.6 Å². The van der Waals surface area contributed by atoms with Gasteiger partial charge in [0.05, 0.1) is 5.69 Å². The number of hydrogen-bond donors (Lipinski definition) is 2. The highest BCUT2D eigenvalue weighted by molar-refractivity contribution is 5.94. The largest absolute Gasteiger partial charge is 0.397 e. The van der Waals surface area contributed by atoms with Crippen molar-refractivity contribution in [3.05, 3.63) is 18.0 Å². The third kappa shape index (κ3) is 3.10. The Balaban J connectivity index is 2.04. The van der Waals surface area contributed by atoms with Crippen molar-refractivity contribution in [2.75, 3.05) is 26.4 Å². The lowest BCUT2D eigenvalue weighted by molar-refractivity contribution is 0.0910. The van der Waals surface area contributed by atoms with Crippen molar-refractivity contribution in [1.29, 1.82) is 0 Å². The van der Waals surface area contributed by atoms with Gasteiger partial charge in [0.25, 0.3) is 5.91 Å². The zero-order chi connectivity index (χ0) is 14.2. The van der Waals surface area contributed by atoms with Crippen molar-refractivity contribution >= 4 is 11.6 Å². The highest BCUT2D eigenvalue weighted by Crippen LogP contribution is 2.37. The van der Waals surface area contributed by atoms with E-state index in [1.807, 2.05) is 24.9 Å². The maximum atomic E-state index is 12.3. The molecule has 0 aromatic carbocycles. The molecule has 0 atom stereocenters. The van der Waals surface area contributed by atoms with Crippen LogP contribution >= 0.6 is 0 Å². The van der Waals surface area contributed by atoms with Gasteiger partial charge in [-0.2, -0.15) is 0 Å². The molecule has 1 aliphatic carbocycles. The summed E-state index contributed by atoms with van der Waals surface area (Å²) in [7, 11) is 4.02. The predicted octanol–water partition coefficient (Wildman–Crippen LogP) is 1.48. The average molecular weight is 264 g/mol. The molecule has 0 saturated heterocycles. The SMILES string of the molecule is CN(C)C(C)(C)CNC(=O)c1cc(N)cn1C1CC1. The topological polar surface area (TPSA) is 63.3 Å². The maximum absolute atomic E-state index is 12.3. The van der Waals surface area contributed by atoms with Gasteiger partial charge in [0.1, 0.15) is 5.69 Å². The fraction of sp³-hybridized carbons (Fsp3) is 0.643. The molecule has 3 N–H and O–H groups in total. The third-order valence-corrected chi connectivity index (χ3v) is 3.93. The number of carbonyl (C=O) groups is 1. The number of hydrogen-bond acceptors (Lipinski definition) is 3. The molecule has 1 aromatic heterocycles. The Kier molecular flexibility index (Phi) is 3.58. The summed E-state index contributed by atoms with van der Waals surface area (Å²) in [6.45, 7) is 4.80. The van der Waals surface area contributed by atoms with Gasteiger partial charge in [0.2, 0.25) is 0 Å². The molecule has 5 nitrogen and oxygen atoms in total. The second-order valence-corrected chi connectivity index (χ2v) is 6.19. The number of nitrogens with one attached hydrogen (secondary N) is 1. The number of amides is 1. The van der Waals surface area contributed by atoms with Gasteiger partial charge in [-0.25, -0.2) is 0 Å². The molecule has 5 heteroatoms. The van der Waals surface area contributed by atoms with E-state index in [0.29, 0.717) is 24.0 Å². The van der Waals surface area contributed by atoms with Gasteiger partial charge in [-0.15, -0.1) is 0 Å². The Labute approximate surface area is 114 Å². The van der Waals surface area contributed by atoms with E-state index in [9.17, 15) is 4.79 Å². The van der Waals surface area contributed by atoms with Crippen molar-refractivity contribution in [1.82, 2.24) is 14.8 Å². The minimum absolute atomic E-state index is 0.0430. The van der Waals surface area contributed by atoms with E-state index in [1.54, 1.807) is 6.07 Å². The van der Waals surface area contributed by atoms with E-state index in [4.69, 9.17) is 5.73 Å². The van der Waals surface area contributed by atoms with Crippen LogP contribution in [0.3, 0.4) is 0 Å². The maximum Gasteiger partial charge on any atom is 0.268 e. The lowest BCUT2D eigenvalue weighted by Gasteiger charge is -2.32. The summed E-state index contributed by atoms with van der Waals surface area (Å²) in [6, 6.07) is 2.22. The second-order valence-electron chi connectivity index (χ2n) is 6.19. The molecule has 1 aromatic rings. The van der Waals surface area contributed by atoms with Gasteiger partial charge in [0, 0.05) is 24.3 Å². The quantitative estimate of drug-likeness (QED) is 0.846. The molecule has 1 heterocycles. The number of likely N-dealkylation sites (N-methyl/N-ethyl adjacent to an activating group) is 1. The van der Waals surface area contributed by atoms with E-state index in [1.165, 1.54) is 0 Å². The lowest BCUT2D eigenvalue weighted by Crippen LogP contribution is -2.48. The van der Waals surface area contributed by atoms with Crippen molar-refractivity contribution in [2.45, 2.75) is 38.3 Å². The lowest BCUT2D eigenvalue weighted by atomic mass is 10.0. The number of rotatable bonds is 5. The van der Waals surface area contributed by atoms with Gasteiger partial charge < -0.3 is 20.5 Å². The number of anilines is 1. The Morgan fingerprint density at radius 2 is 2.16 bits per heavy atom. The van der Waals surface area contributed by atoms with Crippen LogP contribution in [0.2, 0.25) is 0 Å². The van der Waals surface area contributed by atoms with Gasteiger partial charge in [-0.3, -0.25) is 4.79 Å². The Bertz CT molecular complexity index is 472. The molecule has 1 aliphatic rings. The highest BCUT2D eigenvalue weighted by Gasteiger charge is 2.28. The first-order valence-corrected chi connectivity index (χ1v) is 6.74. The number of nitrogens with two attached hydrogens (primary N) is 1. The van der Waals surface area contributed by atoms with Gasteiger partial charge >= 0.3 is 0 Å². The molecule has 19 heavy (non-hydrogen) atoms. The average Bonchev–Trinajstić information content (AvgIpc) is 3.09. The smallest absolute Gasteiger partial charge is 0.268 e. The van der Waals surface area contributed by atoms with Crippen LogP contribution in [0.5, 0.6) is 0 Å². The van der Waals surface area contributed by atoms with Crippen LogP contribution in [0.1, 0.15) is 43.2 Å². The molecule has 0 spiro atoms. The Hall–Kier alpha value is -1.49. The first-order valence-electron chi connectivity index (χ1n) is 6.74. The molecule has 1 fully saturated rings. The van der Waals surface area contributed by atoms with E-state index in [0.717, 1.165) is 12.8 Å². The number of aromatic nitrogens is 1. The zero-order valence-corrected chi connectivity index (χ0v) is 12.2. The monoisotopic (exact) mass is 264 g/mol.